The Hall–Kier alpha value is -2.34. The van der Waals surface area contributed by atoms with E-state index >= 15 is 0 Å². The number of rotatable bonds is 7. The second kappa shape index (κ2) is 7.97. The number of nitrogens with zero attached hydrogens (tertiary/aromatic N) is 2. The lowest BCUT2D eigenvalue weighted by molar-refractivity contribution is 0.0679. The number of aromatic nitrogens is 2. The zero-order valence-corrected chi connectivity index (χ0v) is 13.9. The highest BCUT2D eigenvalue weighted by Gasteiger charge is 2.16. The Bertz CT molecular complexity index is 651. The molecule has 6 nitrogen and oxygen atoms in total. The van der Waals surface area contributed by atoms with Gasteiger partial charge in [0.1, 0.15) is 12.4 Å². The molecule has 128 valence electrons. The minimum atomic E-state index is -0.114. The van der Waals surface area contributed by atoms with E-state index in [0.29, 0.717) is 24.5 Å². The van der Waals surface area contributed by atoms with Crippen LogP contribution in [0.1, 0.15) is 30.1 Å². The monoisotopic (exact) mass is 329 g/mol. The van der Waals surface area contributed by atoms with Gasteiger partial charge in [-0.2, -0.15) is 5.10 Å². The van der Waals surface area contributed by atoms with Crippen LogP contribution in [0.5, 0.6) is 5.75 Å². The van der Waals surface area contributed by atoms with Crippen molar-refractivity contribution in [3.8, 4) is 5.75 Å². The van der Waals surface area contributed by atoms with E-state index in [1.165, 1.54) is 0 Å². The normalized spacial score (nSPS) is 18.3. The molecule has 1 amide bonds. The van der Waals surface area contributed by atoms with Crippen LogP contribution in [-0.2, 0) is 11.3 Å². The molecule has 2 aromatic rings. The van der Waals surface area contributed by atoms with Crippen molar-refractivity contribution in [1.29, 1.82) is 0 Å². The molecule has 1 saturated heterocycles. The summed E-state index contributed by atoms with van der Waals surface area (Å²) in [7, 11) is 0. The maximum Gasteiger partial charge on any atom is 0.251 e. The van der Waals surface area contributed by atoms with E-state index in [1.807, 2.05) is 31.3 Å². The summed E-state index contributed by atoms with van der Waals surface area (Å²) in [5, 5.41) is 7.12. The summed E-state index contributed by atoms with van der Waals surface area (Å²) in [5.74, 6) is 0.579. The molecule has 1 N–H and O–H groups in total. The minimum absolute atomic E-state index is 0.0196. The van der Waals surface area contributed by atoms with Crippen LogP contribution in [0.15, 0.2) is 42.7 Å². The highest BCUT2D eigenvalue weighted by Crippen LogP contribution is 2.17. The Morgan fingerprint density at radius 1 is 1.50 bits per heavy atom. The smallest absolute Gasteiger partial charge is 0.251 e. The summed E-state index contributed by atoms with van der Waals surface area (Å²) < 4.78 is 13.1. The van der Waals surface area contributed by atoms with Gasteiger partial charge in [-0.15, -0.1) is 0 Å². The maximum absolute atomic E-state index is 12.4. The molecule has 0 radical (unpaired) electrons. The summed E-state index contributed by atoms with van der Waals surface area (Å²) >= 11 is 0. The van der Waals surface area contributed by atoms with Gasteiger partial charge in [0.15, 0.2) is 0 Å². The van der Waals surface area contributed by atoms with E-state index in [-0.39, 0.29) is 18.1 Å². The zero-order valence-electron chi connectivity index (χ0n) is 13.9. The summed E-state index contributed by atoms with van der Waals surface area (Å²) in [6.07, 6.45) is 5.89. The van der Waals surface area contributed by atoms with E-state index in [2.05, 4.69) is 10.4 Å². The molecule has 2 atom stereocenters. The number of amides is 1. The molecular formula is C18H23N3O3. The average Bonchev–Trinajstić information content (AvgIpc) is 3.26. The molecule has 0 saturated carbocycles. The summed E-state index contributed by atoms with van der Waals surface area (Å²) in [4.78, 5) is 12.4. The molecule has 1 aliphatic heterocycles. The van der Waals surface area contributed by atoms with Crippen LogP contribution < -0.4 is 10.1 Å². The number of carbonyl (C=O) groups is 1. The van der Waals surface area contributed by atoms with E-state index in [9.17, 15) is 4.79 Å². The Kier molecular flexibility index (Phi) is 5.48. The van der Waals surface area contributed by atoms with Gasteiger partial charge in [-0.25, -0.2) is 0 Å². The van der Waals surface area contributed by atoms with Crippen molar-refractivity contribution in [1.82, 2.24) is 15.1 Å². The van der Waals surface area contributed by atoms with Crippen molar-refractivity contribution < 1.29 is 14.3 Å². The van der Waals surface area contributed by atoms with Crippen LogP contribution in [0.25, 0.3) is 0 Å². The van der Waals surface area contributed by atoms with E-state index in [1.54, 1.807) is 23.0 Å². The third-order valence-corrected chi connectivity index (χ3v) is 3.95. The molecular weight excluding hydrogens is 306 g/mol. The molecule has 1 fully saturated rings. The topological polar surface area (TPSA) is 65.4 Å². The van der Waals surface area contributed by atoms with E-state index < -0.39 is 0 Å². The number of carbonyl (C=O) groups excluding carboxylic acids is 1. The Balaban J connectivity index is 1.53. The van der Waals surface area contributed by atoms with Gasteiger partial charge in [0.05, 0.1) is 12.6 Å². The first-order chi connectivity index (χ1) is 11.7. The second-order valence-electron chi connectivity index (χ2n) is 6.08. The molecule has 2 heterocycles. The van der Waals surface area contributed by atoms with Gasteiger partial charge in [0, 0.05) is 30.6 Å². The molecule has 0 bridgehead atoms. The van der Waals surface area contributed by atoms with Gasteiger partial charge >= 0.3 is 0 Å². The minimum Gasteiger partial charge on any atom is -0.491 e. The Labute approximate surface area is 141 Å². The van der Waals surface area contributed by atoms with Crippen molar-refractivity contribution in [3.63, 3.8) is 0 Å². The molecule has 0 aliphatic carbocycles. The lowest BCUT2D eigenvalue weighted by Gasteiger charge is -2.15. The molecule has 1 aliphatic rings. The SMILES string of the molecule is C[C@@H](Cn1cccn1)NC(=O)c1cccc(OC[C@@H]2CCCO2)c1. The quantitative estimate of drug-likeness (QED) is 0.846. The van der Waals surface area contributed by atoms with Crippen molar-refractivity contribution in [2.24, 2.45) is 0 Å². The number of ether oxygens (including phenoxy) is 2. The first-order valence-electron chi connectivity index (χ1n) is 8.33. The molecule has 0 spiro atoms. The van der Waals surface area contributed by atoms with Crippen LogP contribution in [0.3, 0.4) is 0 Å². The van der Waals surface area contributed by atoms with Crippen molar-refractivity contribution in [3.05, 3.63) is 48.3 Å². The molecule has 1 aromatic heterocycles. The van der Waals surface area contributed by atoms with Crippen molar-refractivity contribution in [2.45, 2.75) is 38.5 Å². The average molecular weight is 329 g/mol. The fourth-order valence-corrected chi connectivity index (χ4v) is 2.73. The fraction of sp³-hybridized carbons (Fsp3) is 0.444. The summed E-state index contributed by atoms with van der Waals surface area (Å²) in [5.41, 5.74) is 0.590. The number of hydrogen-bond acceptors (Lipinski definition) is 4. The zero-order chi connectivity index (χ0) is 16.8. The van der Waals surface area contributed by atoms with Gasteiger partial charge in [0.25, 0.3) is 5.91 Å². The molecule has 6 heteroatoms. The lowest BCUT2D eigenvalue weighted by atomic mass is 10.2. The van der Waals surface area contributed by atoms with Gasteiger partial charge in [0.2, 0.25) is 0 Å². The third-order valence-electron chi connectivity index (χ3n) is 3.95. The third kappa shape index (κ3) is 4.58. The highest BCUT2D eigenvalue weighted by atomic mass is 16.5. The Morgan fingerprint density at radius 3 is 3.17 bits per heavy atom. The van der Waals surface area contributed by atoms with Crippen LogP contribution in [0, 0.1) is 0 Å². The second-order valence-corrected chi connectivity index (χ2v) is 6.08. The van der Waals surface area contributed by atoms with Gasteiger partial charge in [-0.3, -0.25) is 9.48 Å². The maximum atomic E-state index is 12.4. The number of nitrogens with one attached hydrogen (secondary N) is 1. The van der Waals surface area contributed by atoms with Crippen LogP contribution in [0.4, 0.5) is 0 Å². The standard InChI is InChI=1S/C18H23N3O3/c1-14(12-21-9-4-8-19-21)20-18(22)15-5-2-6-16(11-15)24-13-17-7-3-10-23-17/h2,4-6,8-9,11,14,17H,3,7,10,12-13H2,1H3,(H,20,22)/t14-,17-/m0/s1. The summed E-state index contributed by atoms with van der Waals surface area (Å²) in [6, 6.07) is 9.09. The number of benzene rings is 1. The predicted octanol–water partition coefficient (Wildman–Crippen LogP) is 2.26. The van der Waals surface area contributed by atoms with E-state index in [4.69, 9.17) is 9.47 Å². The first-order valence-corrected chi connectivity index (χ1v) is 8.33. The first kappa shape index (κ1) is 16.5. The van der Waals surface area contributed by atoms with Gasteiger partial charge < -0.3 is 14.8 Å². The molecule has 3 rings (SSSR count). The highest BCUT2D eigenvalue weighted by molar-refractivity contribution is 5.94. The lowest BCUT2D eigenvalue weighted by Crippen LogP contribution is -2.35. The Morgan fingerprint density at radius 2 is 2.42 bits per heavy atom. The molecule has 0 unspecified atom stereocenters. The number of hydrogen-bond donors (Lipinski definition) is 1. The fourth-order valence-electron chi connectivity index (χ4n) is 2.73. The van der Waals surface area contributed by atoms with E-state index in [0.717, 1.165) is 19.4 Å². The predicted molar refractivity (Wildman–Crippen MR) is 90.1 cm³/mol. The van der Waals surface area contributed by atoms with Gasteiger partial charge in [-0.05, 0) is 44.0 Å². The summed E-state index contributed by atoms with van der Waals surface area (Å²) in [6.45, 7) is 3.93. The van der Waals surface area contributed by atoms with Crippen molar-refractivity contribution >= 4 is 5.91 Å². The van der Waals surface area contributed by atoms with Crippen molar-refractivity contribution in [2.75, 3.05) is 13.2 Å². The van der Waals surface area contributed by atoms with Crippen LogP contribution in [-0.4, -0.2) is 41.0 Å². The molecule has 1 aromatic carbocycles. The molecule has 24 heavy (non-hydrogen) atoms. The van der Waals surface area contributed by atoms with Gasteiger partial charge in [-0.1, -0.05) is 6.07 Å². The van der Waals surface area contributed by atoms with Crippen LogP contribution in [0.2, 0.25) is 0 Å². The van der Waals surface area contributed by atoms with Crippen LogP contribution >= 0.6 is 0 Å². The largest absolute Gasteiger partial charge is 0.491 e.